The van der Waals surface area contributed by atoms with Gasteiger partial charge < -0.3 is 14.2 Å². The molecule has 6 rings (SSSR count). The second kappa shape index (κ2) is 14.2. The lowest BCUT2D eigenvalue weighted by Gasteiger charge is -2.26. The van der Waals surface area contributed by atoms with E-state index >= 15 is 0 Å². The molecule has 9 heteroatoms. The first-order chi connectivity index (χ1) is 23.3. The molecule has 0 spiro atoms. The normalized spacial score (nSPS) is 14.5. The van der Waals surface area contributed by atoms with E-state index in [4.69, 9.17) is 19.2 Å². The van der Waals surface area contributed by atoms with Gasteiger partial charge in [0.25, 0.3) is 5.56 Å². The fourth-order valence-corrected chi connectivity index (χ4v) is 6.61. The highest BCUT2D eigenvalue weighted by atomic mass is 32.1. The van der Waals surface area contributed by atoms with Gasteiger partial charge in [-0.1, -0.05) is 98.0 Å². The molecule has 2 heterocycles. The summed E-state index contributed by atoms with van der Waals surface area (Å²) in [6.45, 7) is 6.41. The summed E-state index contributed by atoms with van der Waals surface area (Å²) in [5.41, 5.74) is 4.72. The second-order valence-electron chi connectivity index (χ2n) is 11.6. The first-order valence-corrected chi connectivity index (χ1v) is 16.5. The third-order valence-corrected chi connectivity index (χ3v) is 9.07. The zero-order chi connectivity index (χ0) is 33.8. The number of carbonyl (C=O) groups is 1. The number of esters is 1. The number of methoxy groups -OCH3 is 1. The van der Waals surface area contributed by atoms with Gasteiger partial charge in [-0.25, -0.2) is 14.2 Å². The zero-order valence-electron chi connectivity index (χ0n) is 27.1. The molecule has 0 N–H and O–H groups in total. The highest BCUT2D eigenvalue weighted by Crippen LogP contribution is 2.36. The monoisotopic (exact) mass is 662 g/mol. The Morgan fingerprint density at radius 3 is 2.38 bits per heavy atom. The maximum Gasteiger partial charge on any atom is 0.338 e. The Hall–Kier alpha value is -5.28. The van der Waals surface area contributed by atoms with Gasteiger partial charge in [0.1, 0.15) is 12.4 Å². The average molecular weight is 663 g/mol. The maximum atomic E-state index is 14.3. The molecule has 0 saturated carbocycles. The van der Waals surface area contributed by atoms with E-state index in [-0.39, 0.29) is 24.6 Å². The standard InChI is InChI=1S/C39H35FN2O5S/c1-5-46-38(44)34-35(28-9-7-6-8-10-28)41-39-42(36(34)29-16-14-27(15-17-29)24(2)3)37(43)33(48-39)22-26-13-20-31(32(21-26)45-4)47-23-25-11-18-30(40)19-12-25/h6-22,24,36H,5,23H2,1-4H3/b33-22-/t36-/m0/s1. The number of ether oxygens (including phenoxy) is 3. The van der Waals surface area contributed by atoms with Gasteiger partial charge in [0.15, 0.2) is 16.3 Å². The topological polar surface area (TPSA) is 79.1 Å². The predicted molar refractivity (Wildman–Crippen MR) is 185 cm³/mol. The zero-order valence-corrected chi connectivity index (χ0v) is 27.9. The molecule has 1 aliphatic rings. The van der Waals surface area contributed by atoms with Crippen LogP contribution in [-0.4, -0.2) is 24.3 Å². The summed E-state index contributed by atoms with van der Waals surface area (Å²) in [4.78, 5) is 33.4. The van der Waals surface area contributed by atoms with Crippen molar-refractivity contribution < 1.29 is 23.4 Å². The Bertz CT molecular complexity index is 2150. The number of hydrogen-bond donors (Lipinski definition) is 0. The van der Waals surface area contributed by atoms with Crippen molar-refractivity contribution in [2.24, 2.45) is 4.99 Å². The summed E-state index contributed by atoms with van der Waals surface area (Å²) in [6.07, 6.45) is 1.78. The van der Waals surface area contributed by atoms with E-state index in [1.165, 1.54) is 23.5 Å². The highest BCUT2D eigenvalue weighted by Gasteiger charge is 2.35. The molecular weight excluding hydrogens is 628 g/mol. The van der Waals surface area contributed by atoms with Crippen LogP contribution in [0.15, 0.2) is 112 Å². The molecule has 1 aliphatic heterocycles. The highest BCUT2D eigenvalue weighted by molar-refractivity contribution is 7.07. The molecule has 4 aromatic carbocycles. The lowest BCUT2D eigenvalue weighted by Crippen LogP contribution is -2.40. The van der Waals surface area contributed by atoms with Crippen molar-refractivity contribution in [2.45, 2.75) is 39.3 Å². The summed E-state index contributed by atoms with van der Waals surface area (Å²) < 4.78 is 32.5. The van der Waals surface area contributed by atoms with Crippen LogP contribution in [0.25, 0.3) is 11.8 Å². The van der Waals surface area contributed by atoms with Crippen LogP contribution < -0.4 is 24.4 Å². The molecule has 48 heavy (non-hydrogen) atoms. The summed E-state index contributed by atoms with van der Waals surface area (Å²) >= 11 is 1.25. The molecule has 0 bridgehead atoms. The summed E-state index contributed by atoms with van der Waals surface area (Å²) in [7, 11) is 1.55. The van der Waals surface area contributed by atoms with Crippen LogP contribution in [0.1, 0.15) is 60.5 Å². The molecule has 7 nitrogen and oxygen atoms in total. The van der Waals surface area contributed by atoms with Crippen LogP contribution in [0, 0.1) is 5.82 Å². The van der Waals surface area contributed by atoms with E-state index in [9.17, 15) is 14.0 Å². The Labute approximate surface area is 281 Å². The molecule has 0 fully saturated rings. The van der Waals surface area contributed by atoms with Gasteiger partial charge in [0, 0.05) is 5.56 Å². The van der Waals surface area contributed by atoms with Crippen molar-refractivity contribution in [3.8, 4) is 11.5 Å². The van der Waals surface area contributed by atoms with E-state index in [2.05, 4.69) is 13.8 Å². The SMILES string of the molecule is CCOC(=O)C1=C(c2ccccc2)N=c2s/c(=C\c3ccc(OCc4ccc(F)cc4)c(OC)c3)c(=O)n2[C@H]1c1ccc(C(C)C)cc1. The maximum absolute atomic E-state index is 14.3. The third-order valence-electron chi connectivity index (χ3n) is 8.09. The first-order valence-electron chi connectivity index (χ1n) is 15.7. The van der Waals surface area contributed by atoms with Gasteiger partial charge in [-0.05, 0) is 65.4 Å². The van der Waals surface area contributed by atoms with E-state index in [0.29, 0.717) is 38.0 Å². The van der Waals surface area contributed by atoms with Crippen molar-refractivity contribution in [3.63, 3.8) is 0 Å². The van der Waals surface area contributed by atoms with Crippen LogP contribution >= 0.6 is 11.3 Å². The lowest BCUT2D eigenvalue weighted by molar-refractivity contribution is -0.138. The predicted octanol–water partition coefficient (Wildman–Crippen LogP) is 6.79. The van der Waals surface area contributed by atoms with Gasteiger partial charge in [0.05, 0.1) is 35.6 Å². The van der Waals surface area contributed by atoms with Crippen LogP contribution in [0.5, 0.6) is 11.5 Å². The van der Waals surface area contributed by atoms with Crippen molar-refractivity contribution in [2.75, 3.05) is 13.7 Å². The minimum Gasteiger partial charge on any atom is -0.493 e. The first kappa shape index (κ1) is 32.7. The molecule has 0 aliphatic carbocycles. The Balaban J connectivity index is 1.47. The van der Waals surface area contributed by atoms with Gasteiger partial charge >= 0.3 is 5.97 Å². The minimum atomic E-state index is -0.754. The van der Waals surface area contributed by atoms with Crippen LogP contribution in [0.2, 0.25) is 0 Å². The average Bonchev–Trinajstić information content (AvgIpc) is 3.41. The second-order valence-corrected chi connectivity index (χ2v) is 12.6. The Morgan fingerprint density at radius 2 is 1.71 bits per heavy atom. The van der Waals surface area contributed by atoms with Crippen molar-refractivity contribution in [1.82, 2.24) is 4.57 Å². The number of benzene rings is 4. The summed E-state index contributed by atoms with van der Waals surface area (Å²) in [5.74, 6) is 0.482. The van der Waals surface area contributed by atoms with E-state index in [0.717, 1.165) is 27.8 Å². The summed E-state index contributed by atoms with van der Waals surface area (Å²) in [6, 6.07) is 28.3. The van der Waals surface area contributed by atoms with Crippen LogP contribution in [0.4, 0.5) is 4.39 Å². The largest absolute Gasteiger partial charge is 0.493 e. The van der Waals surface area contributed by atoms with Gasteiger partial charge in [-0.15, -0.1) is 0 Å². The number of nitrogens with zero attached hydrogens (tertiary/aromatic N) is 2. The minimum absolute atomic E-state index is 0.180. The Kier molecular flexibility index (Phi) is 9.68. The molecule has 1 aromatic heterocycles. The Morgan fingerprint density at radius 1 is 0.979 bits per heavy atom. The molecule has 244 valence electrons. The number of rotatable bonds is 10. The van der Waals surface area contributed by atoms with Gasteiger partial charge in [-0.3, -0.25) is 9.36 Å². The molecule has 0 unspecified atom stereocenters. The smallest absolute Gasteiger partial charge is 0.338 e. The molecular formula is C39H35FN2O5S. The van der Waals surface area contributed by atoms with Crippen molar-refractivity contribution in [3.05, 3.63) is 156 Å². The van der Waals surface area contributed by atoms with E-state index < -0.39 is 12.0 Å². The van der Waals surface area contributed by atoms with Crippen molar-refractivity contribution in [1.29, 1.82) is 0 Å². The number of thiazole rings is 1. The van der Waals surface area contributed by atoms with Gasteiger partial charge in [-0.2, -0.15) is 0 Å². The molecule has 0 saturated heterocycles. The van der Waals surface area contributed by atoms with Crippen LogP contribution in [0.3, 0.4) is 0 Å². The quantitative estimate of drug-likeness (QED) is 0.154. The third kappa shape index (κ3) is 6.73. The van der Waals surface area contributed by atoms with E-state index in [1.54, 1.807) is 48.9 Å². The molecule has 0 radical (unpaired) electrons. The summed E-state index contributed by atoms with van der Waals surface area (Å²) in [5, 5.41) is 0. The molecule has 1 atom stereocenters. The number of halogens is 1. The fraction of sp³-hybridized carbons (Fsp3) is 0.205. The van der Waals surface area contributed by atoms with E-state index in [1.807, 2.05) is 60.7 Å². The fourth-order valence-electron chi connectivity index (χ4n) is 5.61. The lowest BCUT2D eigenvalue weighted by atomic mass is 9.91. The number of aromatic nitrogens is 1. The number of carbonyl (C=O) groups excluding carboxylic acids is 1. The number of fused-ring (bicyclic) bond motifs is 1. The molecule has 5 aromatic rings. The van der Waals surface area contributed by atoms with Crippen LogP contribution in [-0.2, 0) is 16.1 Å². The molecule has 0 amide bonds. The van der Waals surface area contributed by atoms with Gasteiger partial charge in [0.2, 0.25) is 0 Å². The number of hydrogen-bond acceptors (Lipinski definition) is 7. The van der Waals surface area contributed by atoms with Crippen molar-refractivity contribution >= 4 is 29.1 Å².